The highest BCUT2D eigenvalue weighted by molar-refractivity contribution is 6.14. The van der Waals surface area contributed by atoms with Crippen molar-refractivity contribution in [2.75, 3.05) is 5.32 Å². The molecule has 1 N–H and O–H groups in total. The Kier molecular flexibility index (Phi) is 3.19. The Bertz CT molecular complexity index is 930. The summed E-state index contributed by atoms with van der Waals surface area (Å²) >= 11 is 0. The molecule has 0 unspecified atom stereocenters. The van der Waals surface area contributed by atoms with Gasteiger partial charge in [-0.3, -0.25) is 4.79 Å². The average molecular weight is 301 g/mol. The number of carbonyl (C=O) groups is 1. The highest BCUT2D eigenvalue weighted by atomic mass is 16.1. The Morgan fingerprint density at radius 3 is 2.57 bits per heavy atom. The van der Waals surface area contributed by atoms with Crippen molar-refractivity contribution in [2.24, 2.45) is 0 Å². The molecule has 0 radical (unpaired) electrons. The molecule has 0 aliphatic heterocycles. The second kappa shape index (κ2) is 5.24. The molecule has 4 rings (SSSR count). The number of aryl methyl sites for hydroxylation is 4. The Morgan fingerprint density at radius 1 is 0.957 bits per heavy atom. The summed E-state index contributed by atoms with van der Waals surface area (Å²) in [6.07, 6.45) is 2.16. The Labute approximate surface area is 136 Å². The van der Waals surface area contributed by atoms with E-state index in [-0.39, 0.29) is 5.91 Å². The van der Waals surface area contributed by atoms with E-state index in [0.717, 1.165) is 40.6 Å². The molecule has 0 saturated carbocycles. The SMILES string of the molecule is Cc1ccc(C)c(NC(=O)c2ccc3c4c(cccc24)CC3)c1. The molecule has 0 bridgehead atoms. The van der Waals surface area contributed by atoms with E-state index in [1.165, 1.54) is 16.5 Å². The summed E-state index contributed by atoms with van der Waals surface area (Å²) < 4.78 is 0. The first kappa shape index (κ1) is 14.0. The largest absolute Gasteiger partial charge is 0.322 e. The van der Waals surface area contributed by atoms with Gasteiger partial charge in [0.05, 0.1) is 0 Å². The summed E-state index contributed by atoms with van der Waals surface area (Å²) in [5.74, 6) is -0.0331. The third kappa shape index (κ3) is 2.31. The van der Waals surface area contributed by atoms with Crippen molar-refractivity contribution in [1.82, 2.24) is 0 Å². The molecule has 0 heterocycles. The van der Waals surface area contributed by atoms with Crippen LogP contribution in [0.3, 0.4) is 0 Å². The molecule has 0 fully saturated rings. The zero-order valence-electron chi connectivity index (χ0n) is 13.4. The van der Waals surface area contributed by atoms with Crippen LogP contribution in [0.25, 0.3) is 10.8 Å². The molecule has 0 saturated heterocycles. The Morgan fingerprint density at radius 2 is 1.74 bits per heavy atom. The summed E-state index contributed by atoms with van der Waals surface area (Å²) in [5, 5.41) is 5.43. The number of anilines is 1. The smallest absolute Gasteiger partial charge is 0.256 e. The van der Waals surface area contributed by atoms with Crippen molar-refractivity contribution in [3.8, 4) is 0 Å². The fourth-order valence-corrected chi connectivity index (χ4v) is 3.50. The van der Waals surface area contributed by atoms with Gasteiger partial charge in [-0.2, -0.15) is 0 Å². The number of hydrogen-bond acceptors (Lipinski definition) is 1. The second-order valence-corrected chi connectivity index (χ2v) is 6.38. The van der Waals surface area contributed by atoms with Gasteiger partial charge < -0.3 is 5.32 Å². The molecule has 0 aromatic heterocycles. The van der Waals surface area contributed by atoms with Crippen LogP contribution in [-0.2, 0) is 12.8 Å². The van der Waals surface area contributed by atoms with Crippen LogP contribution in [-0.4, -0.2) is 5.91 Å². The molecule has 114 valence electrons. The molecule has 1 aliphatic carbocycles. The van der Waals surface area contributed by atoms with Gasteiger partial charge in [-0.25, -0.2) is 0 Å². The minimum atomic E-state index is -0.0331. The third-order valence-corrected chi connectivity index (χ3v) is 4.76. The second-order valence-electron chi connectivity index (χ2n) is 6.38. The molecule has 2 nitrogen and oxygen atoms in total. The van der Waals surface area contributed by atoms with Crippen molar-refractivity contribution < 1.29 is 4.79 Å². The van der Waals surface area contributed by atoms with E-state index in [4.69, 9.17) is 0 Å². The maximum absolute atomic E-state index is 12.8. The lowest BCUT2D eigenvalue weighted by atomic mass is 9.99. The molecule has 3 aromatic rings. The maximum Gasteiger partial charge on any atom is 0.256 e. The van der Waals surface area contributed by atoms with Crippen molar-refractivity contribution in [3.05, 3.63) is 76.3 Å². The number of nitrogens with one attached hydrogen (secondary N) is 1. The van der Waals surface area contributed by atoms with Gasteiger partial charge in [0.1, 0.15) is 0 Å². The van der Waals surface area contributed by atoms with Crippen molar-refractivity contribution in [3.63, 3.8) is 0 Å². The number of rotatable bonds is 2. The molecule has 1 amide bonds. The first-order valence-corrected chi connectivity index (χ1v) is 8.05. The summed E-state index contributed by atoms with van der Waals surface area (Å²) in [6, 6.07) is 16.5. The van der Waals surface area contributed by atoms with Crippen LogP contribution in [0.4, 0.5) is 5.69 Å². The standard InChI is InChI=1S/C21H19NO/c1-13-6-7-14(2)19(12-13)22-21(23)18-11-10-16-9-8-15-4-3-5-17(18)20(15)16/h3-7,10-12H,8-9H2,1-2H3,(H,22,23). The Balaban J connectivity index is 1.78. The third-order valence-electron chi connectivity index (χ3n) is 4.76. The van der Waals surface area contributed by atoms with Crippen LogP contribution < -0.4 is 5.32 Å². The highest BCUT2D eigenvalue weighted by Crippen LogP contribution is 2.33. The zero-order chi connectivity index (χ0) is 16.0. The predicted molar refractivity (Wildman–Crippen MR) is 95.2 cm³/mol. The van der Waals surface area contributed by atoms with Crippen molar-refractivity contribution in [1.29, 1.82) is 0 Å². The van der Waals surface area contributed by atoms with Crippen LogP contribution in [0.1, 0.15) is 32.6 Å². The average Bonchev–Trinajstić information content (AvgIpc) is 2.96. The van der Waals surface area contributed by atoms with E-state index in [0.29, 0.717) is 0 Å². The quantitative estimate of drug-likeness (QED) is 0.723. The van der Waals surface area contributed by atoms with Crippen LogP contribution in [0, 0.1) is 13.8 Å². The van der Waals surface area contributed by atoms with Crippen LogP contribution in [0.2, 0.25) is 0 Å². The molecule has 23 heavy (non-hydrogen) atoms. The molecule has 0 spiro atoms. The number of hydrogen-bond donors (Lipinski definition) is 1. The topological polar surface area (TPSA) is 29.1 Å². The first-order valence-electron chi connectivity index (χ1n) is 8.05. The van der Waals surface area contributed by atoms with E-state index in [9.17, 15) is 4.79 Å². The molecule has 1 aliphatic rings. The zero-order valence-corrected chi connectivity index (χ0v) is 13.4. The Hall–Kier alpha value is -2.61. The minimum absolute atomic E-state index is 0.0331. The number of carbonyl (C=O) groups excluding carboxylic acids is 1. The van der Waals surface area contributed by atoms with Crippen LogP contribution in [0.15, 0.2) is 48.5 Å². The summed E-state index contributed by atoms with van der Waals surface area (Å²) in [7, 11) is 0. The molecule has 3 aromatic carbocycles. The number of benzene rings is 3. The monoisotopic (exact) mass is 301 g/mol. The van der Waals surface area contributed by atoms with Crippen LogP contribution in [0.5, 0.6) is 0 Å². The van der Waals surface area contributed by atoms with Gasteiger partial charge in [0, 0.05) is 11.3 Å². The first-order chi connectivity index (χ1) is 11.1. The van der Waals surface area contributed by atoms with Crippen molar-refractivity contribution >= 4 is 22.4 Å². The van der Waals surface area contributed by atoms with E-state index >= 15 is 0 Å². The fourth-order valence-electron chi connectivity index (χ4n) is 3.50. The lowest BCUT2D eigenvalue weighted by Crippen LogP contribution is -2.13. The summed E-state index contributed by atoms with van der Waals surface area (Å²) in [4.78, 5) is 12.8. The van der Waals surface area contributed by atoms with E-state index in [2.05, 4.69) is 35.6 Å². The lowest BCUT2D eigenvalue weighted by Gasteiger charge is -2.12. The van der Waals surface area contributed by atoms with Crippen LogP contribution >= 0.6 is 0 Å². The van der Waals surface area contributed by atoms with E-state index in [1.54, 1.807) is 0 Å². The van der Waals surface area contributed by atoms with Gasteiger partial charge in [0.25, 0.3) is 5.91 Å². The molecule has 0 atom stereocenters. The van der Waals surface area contributed by atoms with Gasteiger partial charge in [-0.1, -0.05) is 36.4 Å². The number of amides is 1. The van der Waals surface area contributed by atoms with Crippen molar-refractivity contribution in [2.45, 2.75) is 26.7 Å². The highest BCUT2D eigenvalue weighted by Gasteiger charge is 2.19. The fraction of sp³-hybridized carbons (Fsp3) is 0.190. The van der Waals surface area contributed by atoms with Gasteiger partial charge >= 0.3 is 0 Å². The summed E-state index contributed by atoms with van der Waals surface area (Å²) in [5.41, 5.74) is 6.59. The predicted octanol–water partition coefficient (Wildman–Crippen LogP) is 4.81. The minimum Gasteiger partial charge on any atom is -0.322 e. The van der Waals surface area contributed by atoms with Gasteiger partial charge in [-0.05, 0) is 71.8 Å². The molecular weight excluding hydrogens is 282 g/mol. The molecule has 2 heteroatoms. The maximum atomic E-state index is 12.8. The lowest BCUT2D eigenvalue weighted by molar-refractivity contribution is 0.102. The van der Waals surface area contributed by atoms with Gasteiger partial charge in [-0.15, -0.1) is 0 Å². The normalized spacial score (nSPS) is 12.6. The van der Waals surface area contributed by atoms with Gasteiger partial charge in [0.2, 0.25) is 0 Å². The van der Waals surface area contributed by atoms with Gasteiger partial charge in [0.15, 0.2) is 0 Å². The van der Waals surface area contributed by atoms with E-state index in [1.807, 2.05) is 32.0 Å². The van der Waals surface area contributed by atoms with E-state index < -0.39 is 0 Å². The molecular formula is C21H19NO. The summed E-state index contributed by atoms with van der Waals surface area (Å²) in [6.45, 7) is 4.05.